The second-order valence-corrected chi connectivity index (χ2v) is 12.5. The van der Waals surface area contributed by atoms with Gasteiger partial charge < -0.3 is 4.42 Å². The third-order valence-corrected chi connectivity index (χ3v) is 9.80. The number of para-hydroxylation sites is 1. The number of benzene rings is 5. The van der Waals surface area contributed by atoms with E-state index in [9.17, 15) is 0 Å². The zero-order valence-electron chi connectivity index (χ0n) is 19.5. The molecule has 0 N–H and O–H groups in total. The highest BCUT2D eigenvalue weighted by molar-refractivity contribution is 9.10. The Morgan fingerprint density at radius 2 is 1.22 bits per heavy atom. The fraction of sp³-hybridized carbons (Fsp3) is 0.0303. The van der Waals surface area contributed by atoms with Gasteiger partial charge in [-0.25, -0.2) is 0 Å². The Kier molecular flexibility index (Phi) is 4.74. The molecule has 1 nitrogen and oxygen atoms in total. The van der Waals surface area contributed by atoms with Crippen molar-refractivity contribution in [3.63, 3.8) is 0 Å². The van der Waals surface area contributed by atoms with Crippen LogP contribution >= 0.6 is 43.6 Å². The van der Waals surface area contributed by atoms with Crippen LogP contribution in [0.15, 0.2) is 120 Å². The van der Waals surface area contributed by atoms with Crippen LogP contribution in [0.5, 0.6) is 0 Å². The lowest BCUT2D eigenvalue weighted by atomic mass is 9.63. The molecule has 37 heavy (non-hydrogen) atoms. The SMILES string of the molecule is Brc1ccc2c(c1)C1(c3cc(Br)ccc3C=C2)c2ccccc2Sc2cc3oc4ccccc4c3cc21. The molecule has 1 aliphatic heterocycles. The second kappa shape index (κ2) is 7.97. The zero-order chi connectivity index (χ0) is 24.7. The smallest absolute Gasteiger partial charge is 0.136 e. The molecule has 176 valence electrons. The van der Waals surface area contributed by atoms with Crippen molar-refractivity contribution in [2.75, 3.05) is 0 Å². The summed E-state index contributed by atoms with van der Waals surface area (Å²) in [6.07, 6.45) is 4.53. The molecule has 6 aromatic rings. The van der Waals surface area contributed by atoms with Crippen molar-refractivity contribution in [3.05, 3.63) is 139 Å². The summed E-state index contributed by atoms with van der Waals surface area (Å²) in [5.74, 6) is 0. The van der Waals surface area contributed by atoms with Crippen LogP contribution in [0.1, 0.15) is 33.4 Å². The summed E-state index contributed by atoms with van der Waals surface area (Å²) in [5.41, 5.74) is 8.93. The third kappa shape index (κ3) is 3.04. The Morgan fingerprint density at radius 3 is 1.97 bits per heavy atom. The predicted octanol–water partition coefficient (Wildman–Crippen LogP) is 10.4. The van der Waals surface area contributed by atoms with Gasteiger partial charge in [0.1, 0.15) is 11.2 Å². The molecule has 0 bridgehead atoms. The fourth-order valence-electron chi connectivity index (χ4n) is 6.16. The van der Waals surface area contributed by atoms with Crippen LogP contribution in [0.3, 0.4) is 0 Å². The van der Waals surface area contributed by atoms with Crippen molar-refractivity contribution < 1.29 is 4.42 Å². The van der Waals surface area contributed by atoms with E-state index in [0.29, 0.717) is 0 Å². The van der Waals surface area contributed by atoms with Crippen LogP contribution in [0, 0.1) is 0 Å². The minimum Gasteiger partial charge on any atom is -0.456 e. The molecule has 2 aliphatic rings. The summed E-state index contributed by atoms with van der Waals surface area (Å²) >= 11 is 9.46. The van der Waals surface area contributed by atoms with E-state index in [0.717, 1.165) is 30.9 Å². The Bertz CT molecular complexity index is 1890. The van der Waals surface area contributed by atoms with Crippen LogP contribution in [0.4, 0.5) is 0 Å². The molecule has 1 aromatic heterocycles. The third-order valence-electron chi connectivity index (χ3n) is 7.68. The monoisotopic (exact) mass is 620 g/mol. The number of halogens is 2. The van der Waals surface area contributed by atoms with Crippen molar-refractivity contribution in [1.82, 2.24) is 0 Å². The molecule has 8 rings (SSSR count). The van der Waals surface area contributed by atoms with Gasteiger partial charge in [-0.3, -0.25) is 0 Å². The maximum Gasteiger partial charge on any atom is 0.136 e. The van der Waals surface area contributed by atoms with Crippen LogP contribution < -0.4 is 0 Å². The van der Waals surface area contributed by atoms with Crippen LogP contribution in [0.25, 0.3) is 34.1 Å². The fourth-order valence-corrected chi connectivity index (χ4v) is 8.09. The molecule has 1 spiro atoms. The molecule has 2 heterocycles. The van der Waals surface area contributed by atoms with Gasteiger partial charge in [-0.2, -0.15) is 0 Å². The van der Waals surface area contributed by atoms with Crippen molar-refractivity contribution in [2.24, 2.45) is 0 Å². The van der Waals surface area contributed by atoms with E-state index in [1.54, 1.807) is 0 Å². The summed E-state index contributed by atoms with van der Waals surface area (Å²) < 4.78 is 8.49. The zero-order valence-corrected chi connectivity index (χ0v) is 23.5. The lowest BCUT2D eigenvalue weighted by Gasteiger charge is -2.43. The molecule has 0 atom stereocenters. The summed E-state index contributed by atoms with van der Waals surface area (Å²) in [6, 6.07) is 35.2. The Hall–Kier alpha value is -3.05. The van der Waals surface area contributed by atoms with Gasteiger partial charge in [-0.05, 0) is 81.9 Å². The molecule has 4 heteroatoms. The number of hydrogen-bond donors (Lipinski definition) is 0. The average molecular weight is 622 g/mol. The standard InChI is InChI=1S/C33H18Br2OS/c34-21-13-11-19-9-10-20-12-14-22(35)16-27(20)33(26(19)15-21)25-6-2-4-8-31(25)37-32-18-30-24(17-28(32)33)23-5-1-3-7-29(23)36-30/h1-18H. The van der Waals surface area contributed by atoms with Gasteiger partial charge in [-0.1, -0.05) is 104 Å². The van der Waals surface area contributed by atoms with Gasteiger partial charge in [0.2, 0.25) is 0 Å². The van der Waals surface area contributed by atoms with E-state index >= 15 is 0 Å². The van der Waals surface area contributed by atoms with Crippen molar-refractivity contribution in [2.45, 2.75) is 15.2 Å². The molecule has 5 aromatic carbocycles. The Labute approximate surface area is 235 Å². The Morgan fingerprint density at radius 1 is 0.541 bits per heavy atom. The quantitative estimate of drug-likeness (QED) is 0.167. The number of furan rings is 1. The van der Waals surface area contributed by atoms with Gasteiger partial charge in [0.05, 0.1) is 5.41 Å². The van der Waals surface area contributed by atoms with Gasteiger partial charge in [0.25, 0.3) is 0 Å². The van der Waals surface area contributed by atoms with Crippen LogP contribution in [-0.2, 0) is 5.41 Å². The van der Waals surface area contributed by atoms with E-state index in [1.165, 1.54) is 43.2 Å². The second-order valence-electron chi connectivity index (χ2n) is 9.59. The van der Waals surface area contributed by atoms with Gasteiger partial charge >= 0.3 is 0 Å². The highest BCUT2D eigenvalue weighted by atomic mass is 79.9. The molecule has 0 radical (unpaired) electrons. The summed E-state index contributed by atoms with van der Waals surface area (Å²) in [6.45, 7) is 0. The lowest BCUT2D eigenvalue weighted by molar-refractivity contribution is 0.663. The molecular formula is C33H18Br2OS. The van der Waals surface area contributed by atoms with E-state index in [1.807, 2.05) is 17.8 Å². The molecule has 0 unspecified atom stereocenters. The largest absolute Gasteiger partial charge is 0.456 e. The van der Waals surface area contributed by atoms with Gasteiger partial charge in [0.15, 0.2) is 0 Å². The van der Waals surface area contributed by atoms with Crippen LogP contribution in [-0.4, -0.2) is 0 Å². The lowest BCUT2D eigenvalue weighted by Crippen LogP contribution is -2.35. The summed E-state index contributed by atoms with van der Waals surface area (Å²) in [5, 5.41) is 2.30. The number of fused-ring (bicyclic) bond motifs is 11. The summed E-state index contributed by atoms with van der Waals surface area (Å²) in [4.78, 5) is 2.49. The average Bonchev–Trinajstić information content (AvgIpc) is 3.21. The first-order valence-corrected chi connectivity index (χ1v) is 14.5. The number of hydrogen-bond acceptors (Lipinski definition) is 2. The first-order chi connectivity index (χ1) is 18.1. The molecule has 1 aliphatic carbocycles. The normalized spacial score (nSPS) is 14.8. The van der Waals surface area contributed by atoms with Gasteiger partial charge in [0, 0.05) is 29.5 Å². The first kappa shape index (κ1) is 22.0. The highest BCUT2D eigenvalue weighted by Crippen LogP contribution is 2.59. The van der Waals surface area contributed by atoms with Crippen molar-refractivity contribution >= 4 is 77.7 Å². The van der Waals surface area contributed by atoms with Crippen LogP contribution in [0.2, 0.25) is 0 Å². The van der Waals surface area contributed by atoms with Crippen molar-refractivity contribution in [1.29, 1.82) is 0 Å². The number of rotatable bonds is 0. The highest BCUT2D eigenvalue weighted by Gasteiger charge is 2.47. The van der Waals surface area contributed by atoms with E-state index < -0.39 is 5.41 Å². The minimum absolute atomic E-state index is 0.508. The van der Waals surface area contributed by atoms with E-state index in [2.05, 4.69) is 135 Å². The Balaban J connectivity index is 1.62. The van der Waals surface area contributed by atoms with E-state index in [-0.39, 0.29) is 0 Å². The first-order valence-electron chi connectivity index (χ1n) is 12.1. The topological polar surface area (TPSA) is 13.1 Å². The predicted molar refractivity (Wildman–Crippen MR) is 160 cm³/mol. The molecule has 0 saturated carbocycles. The minimum atomic E-state index is -0.508. The maximum atomic E-state index is 6.34. The summed E-state index contributed by atoms with van der Waals surface area (Å²) in [7, 11) is 0. The molecule has 0 fully saturated rings. The van der Waals surface area contributed by atoms with Gasteiger partial charge in [-0.15, -0.1) is 0 Å². The molecular weight excluding hydrogens is 604 g/mol. The molecule has 0 amide bonds. The molecule has 0 saturated heterocycles. The maximum absolute atomic E-state index is 6.34. The van der Waals surface area contributed by atoms with Crippen molar-refractivity contribution in [3.8, 4) is 0 Å². The van der Waals surface area contributed by atoms with E-state index in [4.69, 9.17) is 4.42 Å².